The maximum Gasteiger partial charge on any atom is 0.335 e. The molecule has 1 aromatic heterocycles. The van der Waals surface area contributed by atoms with Crippen molar-refractivity contribution in [3.63, 3.8) is 0 Å². The first kappa shape index (κ1) is 17.5. The maximum absolute atomic E-state index is 12.7. The monoisotopic (exact) mass is 372 g/mol. The van der Waals surface area contributed by atoms with E-state index in [1.165, 1.54) is 17.1 Å². The van der Waals surface area contributed by atoms with Crippen molar-refractivity contribution in [1.29, 1.82) is 0 Å². The van der Waals surface area contributed by atoms with Crippen molar-refractivity contribution in [2.45, 2.75) is 6.92 Å². The summed E-state index contributed by atoms with van der Waals surface area (Å²) in [7, 11) is 0. The number of aromatic carboxylic acids is 1. The molecule has 138 valence electrons. The fourth-order valence-electron chi connectivity index (χ4n) is 2.93. The number of carboxylic acids is 1. The molecule has 2 aromatic carbocycles. The smallest absolute Gasteiger partial charge is 0.335 e. The van der Waals surface area contributed by atoms with Gasteiger partial charge in [-0.3, -0.25) is 4.79 Å². The molecule has 3 aromatic rings. The molecule has 4 rings (SSSR count). The van der Waals surface area contributed by atoms with Gasteiger partial charge in [-0.05, 0) is 49.4 Å². The number of hydrazone groups is 1. The van der Waals surface area contributed by atoms with Crippen LogP contribution in [0.4, 0.5) is 5.69 Å². The van der Waals surface area contributed by atoms with E-state index < -0.39 is 5.97 Å². The predicted molar refractivity (Wildman–Crippen MR) is 106 cm³/mol. The Morgan fingerprint density at radius 1 is 1.04 bits per heavy atom. The van der Waals surface area contributed by atoms with Crippen LogP contribution < -0.4 is 5.01 Å². The zero-order chi connectivity index (χ0) is 19.7. The minimum absolute atomic E-state index is 0.210. The van der Waals surface area contributed by atoms with E-state index in [1.807, 2.05) is 30.3 Å². The molecular weight excluding hydrogens is 356 g/mol. The fraction of sp³-hybridized carbons (Fsp3) is 0.0455. The van der Waals surface area contributed by atoms with E-state index in [0.29, 0.717) is 28.5 Å². The molecule has 0 spiro atoms. The Morgan fingerprint density at radius 3 is 2.43 bits per heavy atom. The van der Waals surface area contributed by atoms with E-state index in [4.69, 9.17) is 9.52 Å². The number of hydrogen-bond acceptors (Lipinski definition) is 4. The van der Waals surface area contributed by atoms with Crippen molar-refractivity contribution in [3.8, 4) is 11.3 Å². The van der Waals surface area contributed by atoms with Crippen molar-refractivity contribution in [2.75, 3.05) is 5.01 Å². The minimum atomic E-state index is -0.978. The van der Waals surface area contributed by atoms with Crippen LogP contribution in [0.15, 0.2) is 81.8 Å². The topological polar surface area (TPSA) is 83.1 Å². The van der Waals surface area contributed by atoms with Gasteiger partial charge in [0.1, 0.15) is 11.5 Å². The Bertz CT molecular complexity index is 1110. The van der Waals surface area contributed by atoms with Gasteiger partial charge in [0.2, 0.25) is 0 Å². The highest BCUT2D eigenvalue weighted by atomic mass is 16.4. The highest BCUT2D eigenvalue weighted by Crippen LogP contribution is 2.27. The van der Waals surface area contributed by atoms with E-state index in [-0.39, 0.29) is 11.5 Å². The minimum Gasteiger partial charge on any atom is -0.478 e. The molecular formula is C22H16N2O4. The van der Waals surface area contributed by atoms with Gasteiger partial charge in [0, 0.05) is 5.56 Å². The van der Waals surface area contributed by atoms with Gasteiger partial charge in [0.25, 0.3) is 5.91 Å². The summed E-state index contributed by atoms with van der Waals surface area (Å²) in [5.41, 5.74) is 2.74. The van der Waals surface area contributed by atoms with Gasteiger partial charge >= 0.3 is 5.97 Å². The van der Waals surface area contributed by atoms with Crippen LogP contribution in [-0.4, -0.2) is 22.7 Å². The summed E-state index contributed by atoms with van der Waals surface area (Å²) in [6, 6.07) is 19.2. The summed E-state index contributed by atoms with van der Waals surface area (Å²) in [5.74, 6) is -0.0878. The van der Waals surface area contributed by atoms with Crippen LogP contribution >= 0.6 is 0 Å². The standard InChI is InChI=1S/C22H16N2O4/c1-14-19(21(25)24(23-14)17-5-3-2-4-6-17)13-18-11-12-20(28-18)15-7-9-16(10-8-15)22(26)27/h2-13H,1H3,(H,26,27). The van der Waals surface area contributed by atoms with Crippen molar-refractivity contribution < 1.29 is 19.1 Å². The first-order valence-electron chi connectivity index (χ1n) is 8.63. The van der Waals surface area contributed by atoms with Crippen LogP contribution in [0.2, 0.25) is 0 Å². The second-order valence-corrected chi connectivity index (χ2v) is 6.28. The third kappa shape index (κ3) is 3.23. The first-order chi connectivity index (χ1) is 13.5. The fourth-order valence-corrected chi connectivity index (χ4v) is 2.93. The van der Waals surface area contributed by atoms with E-state index in [2.05, 4.69) is 5.10 Å². The zero-order valence-corrected chi connectivity index (χ0v) is 15.0. The lowest BCUT2D eigenvalue weighted by atomic mass is 10.1. The summed E-state index contributed by atoms with van der Waals surface area (Å²) < 4.78 is 5.82. The second-order valence-electron chi connectivity index (χ2n) is 6.28. The Morgan fingerprint density at radius 2 is 1.75 bits per heavy atom. The molecule has 0 aliphatic carbocycles. The van der Waals surface area contributed by atoms with Crippen molar-refractivity contribution in [2.24, 2.45) is 5.10 Å². The molecule has 6 heteroatoms. The third-order valence-electron chi connectivity index (χ3n) is 4.39. The molecule has 0 bridgehead atoms. The van der Waals surface area contributed by atoms with Gasteiger partial charge in [-0.15, -0.1) is 0 Å². The summed E-state index contributed by atoms with van der Waals surface area (Å²) in [6.07, 6.45) is 1.67. The second kappa shape index (κ2) is 7.00. The summed E-state index contributed by atoms with van der Waals surface area (Å²) in [4.78, 5) is 23.7. The van der Waals surface area contributed by atoms with E-state index in [9.17, 15) is 9.59 Å². The number of carbonyl (C=O) groups is 2. The largest absolute Gasteiger partial charge is 0.478 e. The lowest BCUT2D eigenvalue weighted by Gasteiger charge is -2.10. The summed E-state index contributed by atoms with van der Waals surface area (Å²) in [6.45, 7) is 1.78. The molecule has 28 heavy (non-hydrogen) atoms. The van der Waals surface area contributed by atoms with Crippen molar-refractivity contribution >= 4 is 29.4 Å². The predicted octanol–water partition coefficient (Wildman–Crippen LogP) is 4.45. The van der Waals surface area contributed by atoms with E-state index >= 15 is 0 Å². The average Bonchev–Trinajstić information content (AvgIpc) is 3.29. The molecule has 1 aliphatic rings. The number of nitrogens with zero attached hydrogens (tertiary/aromatic N) is 2. The van der Waals surface area contributed by atoms with Crippen LogP contribution in [-0.2, 0) is 4.79 Å². The Kier molecular flexibility index (Phi) is 4.37. The lowest BCUT2D eigenvalue weighted by molar-refractivity contribution is -0.114. The maximum atomic E-state index is 12.7. The van der Waals surface area contributed by atoms with E-state index in [1.54, 1.807) is 37.3 Å². The summed E-state index contributed by atoms with van der Waals surface area (Å²) in [5, 5.41) is 14.7. The molecule has 1 N–H and O–H groups in total. The number of hydrogen-bond donors (Lipinski definition) is 1. The number of carboxylic acid groups (broad SMARTS) is 1. The Labute approximate surface area is 161 Å². The molecule has 0 fully saturated rings. The Balaban J connectivity index is 1.59. The Hall–Kier alpha value is -3.93. The van der Waals surface area contributed by atoms with Gasteiger partial charge in [0.05, 0.1) is 22.5 Å². The highest BCUT2D eigenvalue weighted by Gasteiger charge is 2.28. The lowest BCUT2D eigenvalue weighted by Crippen LogP contribution is -2.21. The van der Waals surface area contributed by atoms with Crippen LogP contribution in [0.3, 0.4) is 0 Å². The number of anilines is 1. The summed E-state index contributed by atoms with van der Waals surface area (Å²) >= 11 is 0. The quantitative estimate of drug-likeness (QED) is 0.686. The van der Waals surface area contributed by atoms with Gasteiger partial charge in [-0.1, -0.05) is 30.3 Å². The van der Waals surface area contributed by atoms with Crippen molar-refractivity contribution in [1.82, 2.24) is 0 Å². The number of carbonyl (C=O) groups excluding carboxylic acids is 1. The van der Waals surface area contributed by atoms with Gasteiger partial charge in [-0.25, -0.2) is 4.79 Å². The van der Waals surface area contributed by atoms with Crippen LogP contribution in [0.5, 0.6) is 0 Å². The van der Waals surface area contributed by atoms with Crippen molar-refractivity contribution in [3.05, 3.63) is 83.6 Å². The van der Waals surface area contributed by atoms with Gasteiger partial charge in [0.15, 0.2) is 0 Å². The highest BCUT2D eigenvalue weighted by molar-refractivity contribution is 6.32. The molecule has 0 saturated heterocycles. The third-order valence-corrected chi connectivity index (χ3v) is 4.39. The molecule has 0 saturated carbocycles. The molecule has 2 heterocycles. The molecule has 0 atom stereocenters. The molecule has 1 aliphatic heterocycles. The van der Waals surface area contributed by atoms with Crippen LogP contribution in [0.25, 0.3) is 17.4 Å². The number of rotatable bonds is 4. The van der Waals surface area contributed by atoms with E-state index in [0.717, 1.165) is 5.56 Å². The number of benzene rings is 2. The molecule has 0 radical (unpaired) electrons. The SMILES string of the molecule is CC1=NN(c2ccccc2)C(=O)C1=Cc1ccc(-c2ccc(C(=O)O)cc2)o1. The average molecular weight is 372 g/mol. The van der Waals surface area contributed by atoms with Crippen LogP contribution in [0, 0.1) is 0 Å². The number of para-hydroxylation sites is 1. The van der Waals surface area contributed by atoms with Crippen LogP contribution in [0.1, 0.15) is 23.0 Å². The zero-order valence-electron chi connectivity index (χ0n) is 15.0. The molecule has 0 unspecified atom stereocenters. The normalized spacial score (nSPS) is 15.2. The molecule has 6 nitrogen and oxygen atoms in total. The number of furan rings is 1. The first-order valence-corrected chi connectivity index (χ1v) is 8.63. The van der Waals surface area contributed by atoms with Gasteiger partial charge in [-0.2, -0.15) is 10.1 Å². The number of amides is 1. The molecule has 1 amide bonds. The van der Waals surface area contributed by atoms with Gasteiger partial charge < -0.3 is 9.52 Å².